The molecular weight excluding hydrogens is 258 g/mol. The number of carbonyl (C=O) groups is 1. The zero-order valence-electron chi connectivity index (χ0n) is 11.9. The van der Waals surface area contributed by atoms with Crippen molar-refractivity contribution in [1.29, 1.82) is 0 Å². The molecule has 0 aliphatic heterocycles. The zero-order chi connectivity index (χ0) is 15.3. The quantitative estimate of drug-likeness (QED) is 0.662. The number of hydrogen-bond acceptors (Lipinski definition) is 3. The van der Waals surface area contributed by atoms with Crippen molar-refractivity contribution in [2.24, 2.45) is 0 Å². The van der Waals surface area contributed by atoms with Crippen LogP contribution in [0.4, 0.5) is 0 Å². The van der Waals surface area contributed by atoms with E-state index in [2.05, 4.69) is 4.85 Å². The monoisotopic (exact) mass is 275 g/mol. The fraction of sp³-hybridized carbons (Fsp3) is 0.333. The van der Waals surface area contributed by atoms with E-state index < -0.39 is 5.97 Å². The molecule has 0 aliphatic rings. The fourth-order valence-corrected chi connectivity index (χ4v) is 1.80. The maximum absolute atomic E-state index is 10.9. The largest absolute Gasteiger partial charge is 0.496 e. The van der Waals surface area contributed by atoms with Crippen LogP contribution in [-0.2, 0) is 4.79 Å². The van der Waals surface area contributed by atoms with Crippen LogP contribution >= 0.6 is 0 Å². The summed E-state index contributed by atoms with van der Waals surface area (Å²) in [5.41, 5.74) is 1.09. The van der Waals surface area contributed by atoms with Crippen molar-refractivity contribution >= 4 is 12.0 Å². The van der Waals surface area contributed by atoms with Crippen molar-refractivity contribution in [3.63, 3.8) is 0 Å². The molecule has 1 N–H and O–H groups in total. The first-order valence-corrected chi connectivity index (χ1v) is 6.03. The van der Waals surface area contributed by atoms with Gasteiger partial charge in [0.25, 0.3) is 5.70 Å². The van der Waals surface area contributed by atoms with Gasteiger partial charge in [-0.1, -0.05) is 13.8 Å². The van der Waals surface area contributed by atoms with Crippen LogP contribution in [-0.4, -0.2) is 25.3 Å². The van der Waals surface area contributed by atoms with E-state index in [0.29, 0.717) is 17.1 Å². The third-order valence-corrected chi connectivity index (χ3v) is 2.84. The summed E-state index contributed by atoms with van der Waals surface area (Å²) in [5.74, 6) is 0.115. The summed E-state index contributed by atoms with van der Waals surface area (Å²) in [5, 5.41) is 8.91. The standard InChI is InChI=1S/C15H17NO4/c1-9(2)11-8-13(19-4)10(7-14(11)20-5)6-12(16-3)15(17)18/h6-9H,1-2,4-5H3,(H,17,18)/b12-6-. The minimum atomic E-state index is -1.27. The van der Waals surface area contributed by atoms with E-state index >= 15 is 0 Å². The molecule has 0 saturated carbocycles. The first-order chi connectivity index (χ1) is 9.44. The molecule has 5 heteroatoms. The van der Waals surface area contributed by atoms with E-state index in [1.165, 1.54) is 13.2 Å². The van der Waals surface area contributed by atoms with Crippen LogP contribution in [0.2, 0.25) is 0 Å². The Bertz CT molecular complexity index is 582. The van der Waals surface area contributed by atoms with Gasteiger partial charge < -0.3 is 14.6 Å². The number of ether oxygens (including phenoxy) is 2. The Morgan fingerprint density at radius 2 is 1.90 bits per heavy atom. The fourth-order valence-electron chi connectivity index (χ4n) is 1.80. The average molecular weight is 275 g/mol. The molecule has 20 heavy (non-hydrogen) atoms. The molecule has 106 valence electrons. The van der Waals surface area contributed by atoms with Crippen LogP contribution in [0.15, 0.2) is 17.8 Å². The van der Waals surface area contributed by atoms with Gasteiger partial charge in [-0.3, -0.25) is 4.79 Å². The van der Waals surface area contributed by atoms with Crippen molar-refractivity contribution in [3.8, 4) is 11.5 Å². The van der Waals surface area contributed by atoms with Gasteiger partial charge in [0.15, 0.2) is 0 Å². The van der Waals surface area contributed by atoms with Crippen LogP contribution in [0.5, 0.6) is 11.5 Å². The minimum Gasteiger partial charge on any atom is -0.496 e. The molecule has 0 aliphatic carbocycles. The maximum Gasteiger partial charge on any atom is 0.333 e. The molecule has 0 bridgehead atoms. The predicted octanol–water partition coefficient (Wildman–Crippen LogP) is 3.17. The highest BCUT2D eigenvalue weighted by molar-refractivity contribution is 5.94. The summed E-state index contributed by atoms with van der Waals surface area (Å²) in [6, 6.07) is 3.49. The summed E-state index contributed by atoms with van der Waals surface area (Å²) in [6.45, 7) is 10.9. The van der Waals surface area contributed by atoms with Crippen molar-refractivity contribution in [2.45, 2.75) is 19.8 Å². The van der Waals surface area contributed by atoms with E-state index in [0.717, 1.165) is 5.56 Å². The Hall–Kier alpha value is -2.48. The number of methoxy groups -OCH3 is 2. The van der Waals surface area contributed by atoms with Crippen LogP contribution in [0.1, 0.15) is 30.9 Å². The molecule has 0 amide bonds. The topological polar surface area (TPSA) is 60.1 Å². The molecule has 0 heterocycles. The molecular formula is C15H17NO4. The molecule has 0 fully saturated rings. The second-order valence-electron chi connectivity index (χ2n) is 4.44. The lowest BCUT2D eigenvalue weighted by Gasteiger charge is -2.15. The van der Waals surface area contributed by atoms with Gasteiger partial charge in [-0.15, -0.1) is 0 Å². The van der Waals surface area contributed by atoms with Gasteiger partial charge in [-0.05, 0) is 24.1 Å². The molecule has 0 spiro atoms. The molecule has 1 rings (SSSR count). The van der Waals surface area contributed by atoms with Crippen LogP contribution < -0.4 is 9.47 Å². The highest BCUT2D eigenvalue weighted by Crippen LogP contribution is 2.34. The summed E-state index contributed by atoms with van der Waals surface area (Å²) in [6.07, 6.45) is 1.28. The number of carboxylic acids is 1. The zero-order valence-corrected chi connectivity index (χ0v) is 11.9. The van der Waals surface area contributed by atoms with E-state index in [-0.39, 0.29) is 11.6 Å². The van der Waals surface area contributed by atoms with Gasteiger partial charge in [0, 0.05) is 11.1 Å². The Morgan fingerprint density at radius 1 is 1.30 bits per heavy atom. The molecule has 1 aromatic carbocycles. The van der Waals surface area contributed by atoms with Gasteiger partial charge in [0.1, 0.15) is 11.5 Å². The SMILES string of the molecule is [C-]#[N+]/C(=C\c1cc(OC)c(C(C)C)cc1OC)C(=O)O. The summed E-state index contributed by atoms with van der Waals surface area (Å²) < 4.78 is 10.6. The molecule has 5 nitrogen and oxygen atoms in total. The molecule has 0 aromatic heterocycles. The third-order valence-electron chi connectivity index (χ3n) is 2.84. The van der Waals surface area contributed by atoms with Gasteiger partial charge in [-0.2, -0.15) is 0 Å². The lowest BCUT2D eigenvalue weighted by Crippen LogP contribution is -2.00. The molecule has 0 unspecified atom stereocenters. The number of benzene rings is 1. The van der Waals surface area contributed by atoms with Crippen molar-refractivity contribution in [3.05, 3.63) is 40.4 Å². The molecule has 0 saturated heterocycles. The van der Waals surface area contributed by atoms with Crippen molar-refractivity contribution in [1.82, 2.24) is 0 Å². The number of carboxylic acid groups (broad SMARTS) is 1. The number of nitrogens with zero attached hydrogens (tertiary/aromatic N) is 1. The smallest absolute Gasteiger partial charge is 0.333 e. The summed E-state index contributed by atoms with van der Waals surface area (Å²) >= 11 is 0. The van der Waals surface area contributed by atoms with E-state index in [4.69, 9.17) is 21.2 Å². The van der Waals surface area contributed by atoms with Crippen LogP contribution in [0, 0.1) is 6.57 Å². The number of aliphatic carboxylic acids is 1. The lowest BCUT2D eigenvalue weighted by molar-refractivity contribution is -0.132. The normalized spacial score (nSPS) is 11.1. The van der Waals surface area contributed by atoms with Crippen LogP contribution in [0.3, 0.4) is 0 Å². The maximum atomic E-state index is 10.9. The predicted molar refractivity (Wildman–Crippen MR) is 75.8 cm³/mol. The Kier molecular flexibility index (Phi) is 5.15. The highest BCUT2D eigenvalue weighted by Gasteiger charge is 2.15. The molecule has 0 atom stereocenters. The van der Waals surface area contributed by atoms with Crippen molar-refractivity contribution in [2.75, 3.05) is 14.2 Å². The van der Waals surface area contributed by atoms with E-state index in [1.54, 1.807) is 19.2 Å². The summed E-state index contributed by atoms with van der Waals surface area (Å²) in [4.78, 5) is 13.9. The Morgan fingerprint density at radius 3 is 2.30 bits per heavy atom. The second-order valence-corrected chi connectivity index (χ2v) is 4.44. The van der Waals surface area contributed by atoms with Gasteiger partial charge >= 0.3 is 5.97 Å². The van der Waals surface area contributed by atoms with Gasteiger partial charge in [0.2, 0.25) is 0 Å². The summed E-state index contributed by atoms with van der Waals surface area (Å²) in [7, 11) is 3.05. The Balaban J connectivity index is 3.48. The van der Waals surface area contributed by atoms with Gasteiger partial charge in [-0.25, -0.2) is 4.85 Å². The Labute approximate surface area is 118 Å². The first-order valence-electron chi connectivity index (χ1n) is 6.03. The second kappa shape index (κ2) is 6.62. The molecule has 0 radical (unpaired) electrons. The third kappa shape index (κ3) is 3.29. The first kappa shape index (κ1) is 15.6. The minimum absolute atomic E-state index is 0.233. The number of rotatable bonds is 5. The highest BCUT2D eigenvalue weighted by atomic mass is 16.5. The number of hydrogen-bond donors (Lipinski definition) is 1. The lowest BCUT2D eigenvalue weighted by atomic mass is 9.99. The molecule has 1 aromatic rings. The van der Waals surface area contributed by atoms with E-state index in [9.17, 15) is 4.79 Å². The van der Waals surface area contributed by atoms with E-state index in [1.807, 2.05) is 13.8 Å². The average Bonchev–Trinajstić information content (AvgIpc) is 2.43. The van der Waals surface area contributed by atoms with Crippen molar-refractivity contribution < 1.29 is 19.4 Å². The van der Waals surface area contributed by atoms with Gasteiger partial charge in [0.05, 0.1) is 20.8 Å². The van der Waals surface area contributed by atoms with Crippen LogP contribution in [0.25, 0.3) is 10.9 Å².